The molecule has 0 spiro atoms. The van der Waals surface area contributed by atoms with Crippen LogP contribution in [0.1, 0.15) is 41.6 Å². The molecule has 55 heavy (non-hydrogen) atoms. The van der Waals surface area contributed by atoms with E-state index < -0.39 is 5.97 Å². The van der Waals surface area contributed by atoms with Crippen LogP contribution in [0.5, 0.6) is 0 Å². The number of halogens is 2. The van der Waals surface area contributed by atoms with Gasteiger partial charge in [0.05, 0.1) is 22.6 Å². The van der Waals surface area contributed by atoms with E-state index in [1.54, 1.807) is 49.1 Å². The van der Waals surface area contributed by atoms with Crippen molar-refractivity contribution in [3.05, 3.63) is 152 Å². The molecular weight excluding hydrogens is 776 g/mol. The molecule has 0 fully saturated rings. The SMILES string of the molecule is CN(C)CCNC(=O)Cc1cc(C(=O)Cc2cccnc2)sc1-c1ccc(Cl)cc1.O=C(O)Cc1cc(C(=O)Cc2cccnc2)sc1-c1ccc(Cl)cc1. The summed E-state index contributed by atoms with van der Waals surface area (Å²) in [5.41, 5.74) is 4.97. The Hall–Kier alpha value is -5.04. The average Bonchev–Trinajstić information content (AvgIpc) is 3.78. The molecule has 0 aliphatic carbocycles. The second kappa shape index (κ2) is 20.0. The molecule has 4 heterocycles. The van der Waals surface area contributed by atoms with E-state index in [9.17, 15) is 19.2 Å². The molecule has 0 radical (unpaired) electrons. The van der Waals surface area contributed by atoms with Gasteiger partial charge in [0, 0.05) is 70.5 Å². The highest BCUT2D eigenvalue weighted by Crippen LogP contribution is 2.36. The Morgan fingerprint density at radius 1 is 0.673 bits per heavy atom. The zero-order valence-electron chi connectivity index (χ0n) is 30.1. The van der Waals surface area contributed by atoms with Gasteiger partial charge in [-0.25, -0.2) is 0 Å². The standard InChI is InChI=1S/C23H24ClN3O2S.C19H14ClNO3S/c1-27(2)11-10-26-22(29)14-18-13-21(20(28)12-16-4-3-9-25-15-16)30-23(18)17-5-7-19(24)8-6-17;20-15-5-3-13(4-6-15)19-14(10-18(23)24)9-17(25-19)16(22)8-12-2-1-7-21-11-12/h3-9,13,15H,10-12,14H2,1-2H3,(H,26,29);1-7,9,11H,8,10H2,(H,23,24). The number of likely N-dealkylation sites (N-methyl/N-ethyl adjacent to an activating group) is 1. The van der Waals surface area contributed by atoms with Gasteiger partial charge in [0.15, 0.2) is 11.6 Å². The van der Waals surface area contributed by atoms with Gasteiger partial charge in [0.25, 0.3) is 0 Å². The number of carboxylic acid groups (broad SMARTS) is 1. The number of carbonyl (C=O) groups excluding carboxylic acids is 3. The Balaban J connectivity index is 0.000000214. The summed E-state index contributed by atoms with van der Waals surface area (Å²) in [6, 6.07) is 25.5. The monoisotopic (exact) mass is 812 g/mol. The van der Waals surface area contributed by atoms with Gasteiger partial charge in [-0.2, -0.15) is 0 Å². The third kappa shape index (κ3) is 12.5. The first-order valence-electron chi connectivity index (χ1n) is 17.2. The molecule has 0 atom stereocenters. The van der Waals surface area contributed by atoms with E-state index in [0.717, 1.165) is 44.1 Å². The minimum absolute atomic E-state index is 0.0162. The normalized spacial score (nSPS) is 10.8. The van der Waals surface area contributed by atoms with E-state index in [1.807, 2.05) is 79.7 Å². The van der Waals surface area contributed by atoms with E-state index in [2.05, 4.69) is 15.3 Å². The van der Waals surface area contributed by atoms with Crippen molar-refractivity contribution in [2.75, 3.05) is 27.2 Å². The van der Waals surface area contributed by atoms with Crippen molar-refractivity contribution in [1.82, 2.24) is 20.2 Å². The zero-order chi connectivity index (χ0) is 39.3. The van der Waals surface area contributed by atoms with Crippen molar-refractivity contribution in [3.63, 3.8) is 0 Å². The Labute approximate surface area is 337 Å². The van der Waals surface area contributed by atoms with Gasteiger partial charge in [-0.15, -0.1) is 22.7 Å². The molecule has 0 aliphatic rings. The molecule has 282 valence electrons. The van der Waals surface area contributed by atoms with Crippen LogP contribution in [0.4, 0.5) is 0 Å². The number of nitrogens with zero attached hydrogens (tertiary/aromatic N) is 3. The van der Waals surface area contributed by atoms with Crippen LogP contribution in [0.15, 0.2) is 110 Å². The summed E-state index contributed by atoms with van der Waals surface area (Å²) in [6.45, 7) is 1.35. The number of carbonyl (C=O) groups is 4. The van der Waals surface area contributed by atoms with E-state index in [1.165, 1.54) is 22.7 Å². The van der Waals surface area contributed by atoms with Crippen molar-refractivity contribution in [3.8, 4) is 20.9 Å². The number of aliphatic carboxylic acids is 1. The second-order valence-electron chi connectivity index (χ2n) is 12.8. The van der Waals surface area contributed by atoms with E-state index >= 15 is 0 Å². The van der Waals surface area contributed by atoms with E-state index in [4.69, 9.17) is 28.3 Å². The molecule has 6 rings (SSSR count). The number of hydrogen-bond acceptors (Lipinski definition) is 9. The highest BCUT2D eigenvalue weighted by atomic mass is 35.5. The van der Waals surface area contributed by atoms with Gasteiger partial charge < -0.3 is 15.3 Å². The van der Waals surface area contributed by atoms with Crippen LogP contribution in [0.3, 0.4) is 0 Å². The topological polar surface area (TPSA) is 130 Å². The molecule has 0 saturated heterocycles. The van der Waals surface area contributed by atoms with Crippen LogP contribution in [0.25, 0.3) is 20.9 Å². The lowest BCUT2D eigenvalue weighted by atomic mass is 10.0. The molecular formula is C42H38Cl2N4O5S2. The highest BCUT2D eigenvalue weighted by molar-refractivity contribution is 7.18. The van der Waals surface area contributed by atoms with Crippen molar-refractivity contribution < 1.29 is 24.3 Å². The van der Waals surface area contributed by atoms with Gasteiger partial charge in [-0.05, 0) is 96.0 Å². The molecule has 2 N–H and O–H groups in total. The number of carboxylic acids is 1. The Kier molecular flexibility index (Phi) is 15.0. The van der Waals surface area contributed by atoms with Crippen LogP contribution < -0.4 is 5.32 Å². The number of ketones is 2. The summed E-state index contributed by atoms with van der Waals surface area (Å²) in [7, 11) is 3.92. The summed E-state index contributed by atoms with van der Waals surface area (Å²) in [6.07, 6.45) is 7.31. The third-order valence-corrected chi connectivity index (χ3v) is 11.2. The first-order chi connectivity index (χ1) is 26.4. The van der Waals surface area contributed by atoms with Crippen molar-refractivity contribution in [1.29, 1.82) is 0 Å². The van der Waals surface area contributed by atoms with Crippen molar-refractivity contribution >= 4 is 69.3 Å². The Bertz CT molecular complexity index is 2220. The highest BCUT2D eigenvalue weighted by Gasteiger charge is 2.20. The first kappa shape index (κ1) is 41.1. The number of benzene rings is 2. The lowest BCUT2D eigenvalue weighted by Gasteiger charge is -2.10. The molecule has 0 bridgehead atoms. The summed E-state index contributed by atoms with van der Waals surface area (Å²) in [5, 5.41) is 13.3. The molecule has 4 aromatic heterocycles. The lowest BCUT2D eigenvalue weighted by Crippen LogP contribution is -2.32. The Morgan fingerprint density at radius 3 is 1.53 bits per heavy atom. The number of rotatable bonds is 15. The van der Waals surface area contributed by atoms with Crippen LogP contribution in [-0.2, 0) is 35.3 Å². The van der Waals surface area contributed by atoms with Crippen LogP contribution in [0, 0.1) is 0 Å². The van der Waals surface area contributed by atoms with Gasteiger partial charge >= 0.3 is 5.97 Å². The minimum atomic E-state index is -0.931. The number of Topliss-reactive ketones (excluding diaryl/α,β-unsaturated/α-hetero) is 2. The van der Waals surface area contributed by atoms with Crippen molar-refractivity contribution in [2.24, 2.45) is 0 Å². The summed E-state index contributed by atoms with van der Waals surface area (Å²) >= 11 is 14.7. The molecule has 9 nitrogen and oxygen atoms in total. The number of amides is 1. The minimum Gasteiger partial charge on any atom is -0.481 e. The lowest BCUT2D eigenvalue weighted by molar-refractivity contribution is -0.136. The fraction of sp³-hybridized carbons (Fsp3) is 0.190. The maximum atomic E-state index is 12.9. The summed E-state index contributed by atoms with van der Waals surface area (Å²) < 4.78 is 0. The summed E-state index contributed by atoms with van der Waals surface area (Å²) in [4.78, 5) is 62.0. The first-order valence-corrected chi connectivity index (χ1v) is 19.6. The molecule has 13 heteroatoms. The number of hydrogen-bond donors (Lipinski definition) is 2. The van der Waals surface area contributed by atoms with E-state index in [-0.39, 0.29) is 43.2 Å². The average molecular weight is 814 g/mol. The van der Waals surface area contributed by atoms with Gasteiger partial charge in [0.1, 0.15) is 0 Å². The maximum Gasteiger partial charge on any atom is 0.307 e. The van der Waals surface area contributed by atoms with Crippen LogP contribution in [0.2, 0.25) is 10.0 Å². The Morgan fingerprint density at radius 2 is 1.13 bits per heavy atom. The predicted molar refractivity (Wildman–Crippen MR) is 221 cm³/mol. The molecule has 6 aromatic rings. The fourth-order valence-corrected chi connectivity index (χ4v) is 7.95. The molecule has 0 unspecified atom stereocenters. The number of aromatic nitrogens is 2. The zero-order valence-corrected chi connectivity index (χ0v) is 33.3. The van der Waals surface area contributed by atoms with Crippen molar-refractivity contribution in [2.45, 2.75) is 25.7 Å². The predicted octanol–water partition coefficient (Wildman–Crippen LogP) is 8.63. The third-order valence-electron chi connectivity index (χ3n) is 8.13. The molecule has 2 aromatic carbocycles. The van der Waals surface area contributed by atoms with Crippen LogP contribution in [-0.4, -0.2) is 70.6 Å². The van der Waals surface area contributed by atoms with Crippen LogP contribution >= 0.6 is 45.9 Å². The van der Waals surface area contributed by atoms with Gasteiger partial charge in [-0.3, -0.25) is 29.1 Å². The van der Waals surface area contributed by atoms with E-state index in [0.29, 0.717) is 31.9 Å². The number of nitrogens with one attached hydrogen (secondary N) is 1. The molecule has 0 saturated carbocycles. The summed E-state index contributed by atoms with van der Waals surface area (Å²) in [5.74, 6) is -1.03. The fourth-order valence-electron chi connectivity index (χ4n) is 5.45. The number of pyridine rings is 2. The quantitative estimate of drug-likeness (QED) is 0.0987. The van der Waals surface area contributed by atoms with Gasteiger partial charge in [0.2, 0.25) is 5.91 Å². The maximum absolute atomic E-state index is 12.9. The van der Waals surface area contributed by atoms with Gasteiger partial charge in [-0.1, -0.05) is 59.6 Å². The number of thiophene rings is 2. The largest absolute Gasteiger partial charge is 0.481 e. The molecule has 1 amide bonds. The molecule has 0 aliphatic heterocycles. The smallest absolute Gasteiger partial charge is 0.307 e. The second-order valence-corrected chi connectivity index (χ2v) is 15.7.